The Morgan fingerprint density at radius 1 is 0.455 bits per heavy atom. The van der Waals surface area contributed by atoms with Gasteiger partial charge in [0.05, 0.1) is 25.4 Å². The number of amides is 1. The number of allylic oxidation sites excluding steroid dienone is 17. The van der Waals surface area contributed by atoms with Gasteiger partial charge in [0.1, 0.15) is 24.4 Å². The predicted octanol–water partition coefficient (Wildman–Crippen LogP) is 16.5. The summed E-state index contributed by atoms with van der Waals surface area (Å²) in [6.45, 7) is 3.67. The first kappa shape index (κ1) is 71.9. The van der Waals surface area contributed by atoms with Crippen molar-refractivity contribution in [3.8, 4) is 0 Å². The van der Waals surface area contributed by atoms with Crippen molar-refractivity contribution >= 4 is 5.91 Å². The second kappa shape index (κ2) is 56.1. The quantitative estimate of drug-likeness (QED) is 0.0261. The van der Waals surface area contributed by atoms with Gasteiger partial charge >= 0.3 is 0 Å². The van der Waals surface area contributed by atoms with E-state index in [1.54, 1.807) is 6.08 Å². The molecule has 1 amide bonds. The van der Waals surface area contributed by atoms with Crippen molar-refractivity contribution in [1.29, 1.82) is 0 Å². The van der Waals surface area contributed by atoms with Gasteiger partial charge < -0.3 is 40.3 Å². The molecule has 0 aromatic rings. The van der Waals surface area contributed by atoms with Crippen LogP contribution in [0, 0.1) is 0 Å². The molecule has 1 rings (SSSR count). The number of nitrogens with one attached hydrogen (secondary N) is 1. The SMILES string of the molecule is CC/C=C\C/C=C\C/C=C\C/C=C\C/C=C\C/C=C\C/C=C\C/C=C\CCCCCCCCCCCCC(=O)NC(COC1OC(CO)C(O)C(O)C1O)C(O)/C=C/CCCCCCCCCCCCCCCCCCC. The lowest BCUT2D eigenvalue weighted by atomic mass is 9.99. The first-order valence-electron chi connectivity index (χ1n) is 31.6. The van der Waals surface area contributed by atoms with Gasteiger partial charge in [0, 0.05) is 6.42 Å². The number of unbranched alkanes of at least 4 members (excludes halogenated alkanes) is 27. The van der Waals surface area contributed by atoms with Gasteiger partial charge in [-0.1, -0.05) is 277 Å². The Hall–Kier alpha value is -3.15. The Kier molecular flexibility index (Phi) is 52.4. The number of aliphatic hydroxyl groups excluding tert-OH is 5. The Balaban J connectivity index is 2.18. The zero-order valence-corrected chi connectivity index (χ0v) is 49.2. The molecule has 0 aliphatic carbocycles. The van der Waals surface area contributed by atoms with Crippen molar-refractivity contribution in [3.05, 3.63) is 109 Å². The maximum Gasteiger partial charge on any atom is 0.220 e. The normalized spacial score (nSPS) is 19.5. The van der Waals surface area contributed by atoms with Gasteiger partial charge in [-0.25, -0.2) is 0 Å². The third-order valence-electron chi connectivity index (χ3n) is 14.4. The number of rotatable bonds is 53. The molecule has 9 nitrogen and oxygen atoms in total. The highest BCUT2D eigenvalue weighted by atomic mass is 16.7. The lowest BCUT2D eigenvalue weighted by molar-refractivity contribution is -0.302. The summed E-state index contributed by atoms with van der Waals surface area (Å²) in [5.74, 6) is -0.184. The van der Waals surface area contributed by atoms with E-state index in [1.807, 2.05) is 6.08 Å². The average Bonchev–Trinajstić information content (AvgIpc) is 3.43. The standard InChI is InChI=1S/C68H117NO8/c1-3-5-7-9-11-13-15-17-19-21-23-24-25-26-27-28-29-30-31-32-33-34-35-36-37-38-40-42-44-46-48-50-52-54-56-58-64(72)69-61(60-76-68-67(75)66(74)65(73)63(59-70)77-68)62(71)57-55-53-51-49-47-45-43-41-39-22-20-18-16-14-12-10-8-6-4-2/h5,7,11,13,17,19,23-24,26-27,29-30,32-33,35-36,55,57,61-63,65-68,70-71,73-75H,3-4,6,8-10,12,14-16,18,20-22,25,28,31,34,37-54,56,58-60H2,1-2H3,(H,69,72)/b7-5-,13-11-,19-17-,24-23-,27-26-,30-29-,33-32-,36-35-,57-55+. The molecule has 1 aliphatic rings. The molecule has 1 aliphatic heterocycles. The molecule has 1 saturated heterocycles. The molecule has 7 atom stereocenters. The van der Waals surface area contributed by atoms with Crippen LogP contribution < -0.4 is 5.32 Å². The summed E-state index contributed by atoms with van der Waals surface area (Å²) in [6.07, 6.45) is 75.8. The highest BCUT2D eigenvalue weighted by molar-refractivity contribution is 5.76. The van der Waals surface area contributed by atoms with E-state index in [9.17, 15) is 30.3 Å². The monoisotopic (exact) mass is 1080 g/mol. The highest BCUT2D eigenvalue weighted by Gasteiger charge is 2.44. The first-order valence-corrected chi connectivity index (χ1v) is 31.6. The summed E-state index contributed by atoms with van der Waals surface area (Å²) in [5.41, 5.74) is 0. The predicted molar refractivity (Wildman–Crippen MR) is 327 cm³/mol. The molecule has 442 valence electrons. The van der Waals surface area contributed by atoms with E-state index in [-0.39, 0.29) is 12.5 Å². The first-order chi connectivity index (χ1) is 37.8. The molecule has 9 heteroatoms. The van der Waals surface area contributed by atoms with Crippen molar-refractivity contribution < 1.29 is 39.8 Å². The van der Waals surface area contributed by atoms with Crippen molar-refractivity contribution in [2.75, 3.05) is 13.2 Å². The summed E-state index contributed by atoms with van der Waals surface area (Å²) in [6, 6.07) is -0.815. The summed E-state index contributed by atoms with van der Waals surface area (Å²) in [5, 5.41) is 54.6. The molecule has 0 aromatic heterocycles. The van der Waals surface area contributed by atoms with Crippen LogP contribution in [0.3, 0.4) is 0 Å². The smallest absolute Gasteiger partial charge is 0.220 e. The molecule has 7 unspecified atom stereocenters. The lowest BCUT2D eigenvalue weighted by Gasteiger charge is -2.40. The van der Waals surface area contributed by atoms with Crippen LogP contribution in [0.4, 0.5) is 0 Å². The molecule has 0 spiro atoms. The topological polar surface area (TPSA) is 149 Å². The Bertz CT molecular complexity index is 1580. The minimum Gasteiger partial charge on any atom is -0.394 e. The van der Waals surface area contributed by atoms with E-state index in [4.69, 9.17) is 9.47 Å². The van der Waals surface area contributed by atoms with Gasteiger partial charge in [0.25, 0.3) is 0 Å². The van der Waals surface area contributed by atoms with E-state index in [0.29, 0.717) is 6.42 Å². The maximum absolute atomic E-state index is 13.1. The maximum atomic E-state index is 13.1. The van der Waals surface area contributed by atoms with Gasteiger partial charge in [-0.3, -0.25) is 4.79 Å². The summed E-state index contributed by atoms with van der Waals surface area (Å²) in [4.78, 5) is 13.1. The fraction of sp³-hybridized carbons (Fsp3) is 0.721. The van der Waals surface area contributed by atoms with Gasteiger partial charge in [0.2, 0.25) is 5.91 Å². The third kappa shape index (κ3) is 45.3. The largest absolute Gasteiger partial charge is 0.394 e. The molecule has 6 N–H and O–H groups in total. The fourth-order valence-corrected chi connectivity index (χ4v) is 9.41. The van der Waals surface area contributed by atoms with Crippen LogP contribution in [0.1, 0.15) is 258 Å². The van der Waals surface area contributed by atoms with E-state index >= 15 is 0 Å². The summed E-state index contributed by atoms with van der Waals surface area (Å²) < 4.78 is 11.3. The number of aliphatic hydroxyl groups is 5. The fourth-order valence-electron chi connectivity index (χ4n) is 9.41. The second-order valence-electron chi connectivity index (χ2n) is 21.5. The molecule has 0 aromatic carbocycles. The molecule has 0 radical (unpaired) electrons. The number of hydrogen-bond donors (Lipinski definition) is 6. The highest BCUT2D eigenvalue weighted by Crippen LogP contribution is 2.23. The molecule has 0 saturated carbocycles. The van der Waals surface area contributed by atoms with Crippen molar-refractivity contribution in [2.45, 2.75) is 301 Å². The minimum absolute atomic E-state index is 0.184. The van der Waals surface area contributed by atoms with Gasteiger partial charge in [-0.2, -0.15) is 0 Å². The third-order valence-corrected chi connectivity index (χ3v) is 14.4. The van der Waals surface area contributed by atoms with Crippen LogP contribution in [0.25, 0.3) is 0 Å². The second-order valence-corrected chi connectivity index (χ2v) is 21.5. The zero-order valence-electron chi connectivity index (χ0n) is 49.2. The molecular formula is C68H117NO8. The van der Waals surface area contributed by atoms with Crippen LogP contribution in [0.15, 0.2) is 109 Å². The van der Waals surface area contributed by atoms with Crippen LogP contribution in [-0.2, 0) is 14.3 Å². The Labute approximate surface area is 472 Å². The van der Waals surface area contributed by atoms with E-state index in [0.717, 1.165) is 103 Å². The van der Waals surface area contributed by atoms with Crippen LogP contribution >= 0.6 is 0 Å². The molecule has 77 heavy (non-hydrogen) atoms. The van der Waals surface area contributed by atoms with Crippen molar-refractivity contribution in [3.63, 3.8) is 0 Å². The number of hydrogen-bond acceptors (Lipinski definition) is 8. The molecule has 1 fully saturated rings. The number of carbonyl (C=O) groups is 1. The van der Waals surface area contributed by atoms with E-state index in [2.05, 4.69) is 116 Å². The van der Waals surface area contributed by atoms with Gasteiger partial charge in [0.15, 0.2) is 6.29 Å². The Morgan fingerprint density at radius 2 is 0.805 bits per heavy atom. The average molecular weight is 1080 g/mol. The number of carbonyl (C=O) groups excluding carboxylic acids is 1. The lowest BCUT2D eigenvalue weighted by Crippen LogP contribution is -2.60. The van der Waals surface area contributed by atoms with Gasteiger partial charge in [-0.05, 0) is 83.5 Å². The van der Waals surface area contributed by atoms with Crippen LogP contribution in [0.2, 0.25) is 0 Å². The summed E-state index contributed by atoms with van der Waals surface area (Å²) in [7, 11) is 0. The minimum atomic E-state index is -1.57. The van der Waals surface area contributed by atoms with E-state index < -0.39 is 49.5 Å². The van der Waals surface area contributed by atoms with Crippen LogP contribution in [0.5, 0.6) is 0 Å². The van der Waals surface area contributed by atoms with E-state index in [1.165, 1.54) is 135 Å². The number of ether oxygens (including phenoxy) is 2. The van der Waals surface area contributed by atoms with Gasteiger partial charge in [-0.15, -0.1) is 0 Å². The molecule has 0 bridgehead atoms. The summed E-state index contributed by atoms with van der Waals surface area (Å²) >= 11 is 0. The zero-order chi connectivity index (χ0) is 55.8. The Morgan fingerprint density at radius 3 is 1.19 bits per heavy atom. The molecular weight excluding hydrogens is 959 g/mol. The molecule has 1 heterocycles. The van der Waals surface area contributed by atoms with Crippen LogP contribution in [-0.4, -0.2) is 87.5 Å². The van der Waals surface area contributed by atoms with Crippen molar-refractivity contribution in [1.82, 2.24) is 5.32 Å². The van der Waals surface area contributed by atoms with Crippen molar-refractivity contribution in [2.24, 2.45) is 0 Å².